The van der Waals surface area contributed by atoms with Crippen molar-refractivity contribution in [3.05, 3.63) is 61.7 Å². The molecule has 1 fully saturated rings. The summed E-state index contributed by atoms with van der Waals surface area (Å²) in [6.07, 6.45) is -10.2. The van der Waals surface area contributed by atoms with Gasteiger partial charge in [-0.2, -0.15) is 31.4 Å². The fourth-order valence-corrected chi connectivity index (χ4v) is 3.89. The molecule has 2 heterocycles. The van der Waals surface area contributed by atoms with Gasteiger partial charge in [-0.05, 0) is 36.0 Å². The summed E-state index contributed by atoms with van der Waals surface area (Å²) in [4.78, 5) is 28.2. The molecule has 2 aromatic heterocycles. The third-order valence-corrected chi connectivity index (χ3v) is 5.59. The number of alkyl halides is 6. The number of hydrogen-bond donors (Lipinski definition) is 2. The Morgan fingerprint density at radius 1 is 1.12 bits per heavy atom. The second-order valence-corrected chi connectivity index (χ2v) is 8.11. The number of aromatic amines is 2. The monoisotopic (exact) mass is 464 g/mol. The molecule has 1 aliphatic rings. The first-order valence-corrected chi connectivity index (χ1v) is 9.37. The largest absolute Gasteiger partial charge is 0.419 e. The van der Waals surface area contributed by atoms with Gasteiger partial charge in [-0.1, -0.05) is 13.0 Å². The van der Waals surface area contributed by atoms with Crippen molar-refractivity contribution in [2.45, 2.75) is 44.6 Å². The Labute approximate surface area is 174 Å². The molecule has 0 spiro atoms. The highest BCUT2D eigenvalue weighted by atomic mass is 19.4. The molecular formula is C19H15F7N4O2. The van der Waals surface area contributed by atoms with E-state index in [4.69, 9.17) is 0 Å². The van der Waals surface area contributed by atoms with Gasteiger partial charge in [0.25, 0.3) is 5.56 Å². The first-order valence-electron chi connectivity index (χ1n) is 9.37. The minimum Gasteiger partial charge on any atom is -0.292 e. The molecule has 0 unspecified atom stereocenters. The smallest absolute Gasteiger partial charge is 0.292 e. The molecule has 1 aromatic carbocycles. The zero-order valence-electron chi connectivity index (χ0n) is 16.3. The number of rotatable bonds is 4. The van der Waals surface area contributed by atoms with Crippen molar-refractivity contribution in [3.8, 4) is 0 Å². The minimum atomic E-state index is -4.93. The van der Waals surface area contributed by atoms with Crippen LogP contribution in [0.5, 0.6) is 0 Å². The van der Waals surface area contributed by atoms with Gasteiger partial charge in [0.1, 0.15) is 16.9 Å². The van der Waals surface area contributed by atoms with Crippen LogP contribution in [-0.4, -0.2) is 25.9 Å². The van der Waals surface area contributed by atoms with Crippen molar-refractivity contribution in [1.82, 2.24) is 19.7 Å². The normalized spacial score (nSPS) is 17.0. The summed E-state index contributed by atoms with van der Waals surface area (Å²) in [7, 11) is 0. The first-order chi connectivity index (χ1) is 14.7. The number of benzene rings is 1. The second kappa shape index (κ2) is 6.94. The highest BCUT2D eigenvalue weighted by Gasteiger charge is 2.49. The fourth-order valence-electron chi connectivity index (χ4n) is 3.89. The number of aromatic nitrogens is 4. The zero-order valence-corrected chi connectivity index (χ0v) is 16.3. The average Bonchev–Trinajstić information content (AvgIpc) is 3.26. The maximum atomic E-state index is 14.3. The van der Waals surface area contributed by atoms with Crippen LogP contribution in [0.4, 0.5) is 30.7 Å². The molecule has 1 atom stereocenters. The van der Waals surface area contributed by atoms with E-state index >= 15 is 0 Å². The predicted molar refractivity (Wildman–Crippen MR) is 97.6 cm³/mol. The van der Waals surface area contributed by atoms with Crippen LogP contribution in [0.2, 0.25) is 0 Å². The number of H-pyrrole nitrogens is 2. The van der Waals surface area contributed by atoms with Gasteiger partial charge in [0.15, 0.2) is 0 Å². The van der Waals surface area contributed by atoms with Crippen molar-refractivity contribution in [2.75, 3.05) is 0 Å². The zero-order chi connectivity index (χ0) is 23.6. The Bertz CT molecular complexity index is 1310. The van der Waals surface area contributed by atoms with Gasteiger partial charge in [-0.3, -0.25) is 14.8 Å². The van der Waals surface area contributed by atoms with Crippen LogP contribution in [0.25, 0.3) is 11.0 Å². The van der Waals surface area contributed by atoms with Crippen LogP contribution in [0.1, 0.15) is 42.6 Å². The first kappa shape index (κ1) is 22.1. The summed E-state index contributed by atoms with van der Waals surface area (Å²) >= 11 is 0. The summed E-state index contributed by atoms with van der Waals surface area (Å²) in [5.41, 5.74) is -5.25. The van der Waals surface area contributed by atoms with Crippen LogP contribution < -0.4 is 11.2 Å². The van der Waals surface area contributed by atoms with Crippen LogP contribution in [0.3, 0.4) is 0 Å². The summed E-state index contributed by atoms with van der Waals surface area (Å²) in [5.74, 6) is -1.55. The van der Waals surface area contributed by atoms with Gasteiger partial charge in [0.05, 0.1) is 23.7 Å². The van der Waals surface area contributed by atoms with E-state index in [1.165, 1.54) is 0 Å². The summed E-state index contributed by atoms with van der Waals surface area (Å²) in [6.45, 7) is 1.70. The summed E-state index contributed by atoms with van der Waals surface area (Å²) in [5, 5.41) is 3.43. The number of halogens is 7. The molecule has 0 aliphatic heterocycles. The third kappa shape index (κ3) is 3.91. The van der Waals surface area contributed by atoms with Gasteiger partial charge in [-0.25, -0.2) is 13.9 Å². The molecular weight excluding hydrogens is 449 g/mol. The molecule has 4 rings (SSSR count). The minimum absolute atomic E-state index is 0.0135. The Hall–Kier alpha value is -3.12. The highest BCUT2D eigenvalue weighted by Crippen LogP contribution is 2.56. The van der Waals surface area contributed by atoms with Crippen molar-refractivity contribution in [3.63, 3.8) is 0 Å². The van der Waals surface area contributed by atoms with Crippen LogP contribution in [0, 0.1) is 11.2 Å². The van der Waals surface area contributed by atoms with E-state index in [1.807, 2.05) is 4.98 Å². The molecule has 172 valence electrons. The molecule has 13 heteroatoms. The second-order valence-electron chi connectivity index (χ2n) is 8.11. The van der Waals surface area contributed by atoms with Gasteiger partial charge >= 0.3 is 18.0 Å². The van der Waals surface area contributed by atoms with Gasteiger partial charge in [0.2, 0.25) is 0 Å². The molecule has 32 heavy (non-hydrogen) atoms. The van der Waals surface area contributed by atoms with Crippen molar-refractivity contribution >= 4 is 11.0 Å². The quantitative estimate of drug-likeness (QED) is 0.572. The predicted octanol–water partition coefficient (Wildman–Crippen LogP) is 4.07. The average molecular weight is 464 g/mol. The van der Waals surface area contributed by atoms with E-state index in [9.17, 15) is 40.3 Å². The number of nitrogens with one attached hydrogen (secondary N) is 2. The fraction of sp³-hybridized carbons (Fsp3) is 0.421. The molecule has 0 bridgehead atoms. The Balaban J connectivity index is 1.97. The molecule has 0 amide bonds. The molecule has 6 nitrogen and oxygen atoms in total. The van der Waals surface area contributed by atoms with E-state index < -0.39 is 63.9 Å². The van der Waals surface area contributed by atoms with Crippen LogP contribution >= 0.6 is 0 Å². The van der Waals surface area contributed by atoms with Crippen LogP contribution in [0.15, 0.2) is 27.8 Å². The number of hydrogen-bond acceptors (Lipinski definition) is 3. The topological polar surface area (TPSA) is 83.5 Å². The van der Waals surface area contributed by atoms with Crippen molar-refractivity contribution < 1.29 is 30.7 Å². The van der Waals surface area contributed by atoms with E-state index in [0.29, 0.717) is 25.0 Å². The lowest BCUT2D eigenvalue weighted by atomic mass is 9.91. The van der Waals surface area contributed by atoms with Gasteiger partial charge < -0.3 is 0 Å². The summed E-state index contributed by atoms with van der Waals surface area (Å²) < 4.78 is 93.4. The summed E-state index contributed by atoms with van der Waals surface area (Å²) in [6, 6.07) is 1.18. The molecule has 1 saturated carbocycles. The highest BCUT2D eigenvalue weighted by molar-refractivity contribution is 5.77. The van der Waals surface area contributed by atoms with E-state index in [2.05, 4.69) is 10.1 Å². The molecule has 2 N–H and O–H groups in total. The molecule has 1 aliphatic carbocycles. The Morgan fingerprint density at radius 3 is 2.31 bits per heavy atom. The van der Waals surface area contributed by atoms with Crippen molar-refractivity contribution in [2.24, 2.45) is 5.41 Å². The maximum Gasteiger partial charge on any atom is 0.419 e. The molecule has 0 saturated heterocycles. The maximum absolute atomic E-state index is 14.3. The van der Waals surface area contributed by atoms with E-state index in [1.54, 1.807) is 6.92 Å². The SMILES string of the molecule is CC1([C@H](c2ccc(C(F)(F)F)c(F)c2)n2nc(CC(F)(F)F)c3c(=O)[nH]c(=O)[nH]c32)CC1. The standard InChI is InChI=1S/C19H15F7N4O2/c1-17(4-5-17)13(8-2-3-9(10(20)6-8)19(24,25)26)30-14-12(15(31)28-16(32)27-14)11(29-30)7-18(21,22)23/h2-3,6,13H,4-5,7H2,1H3,(H2,27,28,31,32)/t13-/m0/s1. The van der Waals surface area contributed by atoms with Crippen molar-refractivity contribution in [1.29, 1.82) is 0 Å². The lowest BCUT2D eigenvalue weighted by Crippen LogP contribution is -2.26. The Morgan fingerprint density at radius 2 is 1.78 bits per heavy atom. The van der Waals surface area contributed by atoms with E-state index in [-0.39, 0.29) is 11.2 Å². The third-order valence-electron chi connectivity index (χ3n) is 5.59. The van der Waals surface area contributed by atoms with Gasteiger partial charge in [-0.15, -0.1) is 0 Å². The number of fused-ring (bicyclic) bond motifs is 1. The molecule has 3 aromatic rings. The Kier molecular flexibility index (Phi) is 4.79. The lowest BCUT2D eigenvalue weighted by Gasteiger charge is -2.26. The van der Waals surface area contributed by atoms with E-state index in [0.717, 1.165) is 10.7 Å². The molecule has 0 radical (unpaired) electrons. The lowest BCUT2D eigenvalue weighted by molar-refractivity contribution is -0.140. The number of nitrogens with zero attached hydrogens (tertiary/aromatic N) is 2. The van der Waals surface area contributed by atoms with Crippen LogP contribution in [-0.2, 0) is 12.6 Å². The van der Waals surface area contributed by atoms with Gasteiger partial charge in [0, 0.05) is 0 Å².